The number of carbonyl (C=O) groups excluding carboxylic acids is 1. The van der Waals surface area contributed by atoms with Crippen molar-refractivity contribution in [3.8, 4) is 11.5 Å². The molecule has 0 bridgehead atoms. The van der Waals surface area contributed by atoms with E-state index in [2.05, 4.69) is 10.0 Å². The second-order valence-corrected chi connectivity index (χ2v) is 5.05. The molecule has 1 heterocycles. The predicted octanol–water partition coefficient (Wildman–Crippen LogP) is 3.02. The van der Waals surface area contributed by atoms with Crippen LogP contribution in [0.1, 0.15) is 6.42 Å². The number of rotatable bonds is 5. The summed E-state index contributed by atoms with van der Waals surface area (Å²) in [5.74, 6) is 0.940. The zero-order valence-electron chi connectivity index (χ0n) is 11.7. The van der Waals surface area contributed by atoms with E-state index in [1.54, 1.807) is 17.0 Å². The lowest BCUT2D eigenvalue weighted by atomic mass is 10.1. The van der Waals surface area contributed by atoms with Crippen LogP contribution in [0, 0.1) is 5.92 Å². The average Bonchev–Trinajstić information content (AvgIpc) is 2.85. The Hall–Kier alpha value is -2.11. The van der Waals surface area contributed by atoms with Crippen LogP contribution in [0.25, 0.3) is 10.4 Å². The largest absolute Gasteiger partial charge is 0.495 e. The molecule has 1 amide bonds. The molecule has 0 saturated carbocycles. The van der Waals surface area contributed by atoms with E-state index in [9.17, 15) is 4.79 Å². The molecule has 1 aliphatic heterocycles. The van der Waals surface area contributed by atoms with Crippen LogP contribution in [-0.4, -0.2) is 33.2 Å². The fourth-order valence-electron chi connectivity index (χ4n) is 2.34. The predicted molar refractivity (Wildman–Crippen MR) is 79.0 cm³/mol. The van der Waals surface area contributed by atoms with Gasteiger partial charge in [0.25, 0.3) is 0 Å². The van der Waals surface area contributed by atoms with Gasteiger partial charge in [0.2, 0.25) is 5.91 Å². The Bertz CT molecular complexity index is 601. The number of amides is 1. The molecule has 21 heavy (non-hydrogen) atoms. The van der Waals surface area contributed by atoms with Crippen molar-refractivity contribution in [3.63, 3.8) is 0 Å². The van der Waals surface area contributed by atoms with E-state index >= 15 is 0 Å². The van der Waals surface area contributed by atoms with Gasteiger partial charge in [0.1, 0.15) is 11.5 Å². The van der Waals surface area contributed by atoms with Gasteiger partial charge in [-0.05, 0) is 17.5 Å². The van der Waals surface area contributed by atoms with Gasteiger partial charge < -0.3 is 14.4 Å². The van der Waals surface area contributed by atoms with Gasteiger partial charge in [-0.3, -0.25) is 4.79 Å². The number of ether oxygens (including phenoxy) is 2. The summed E-state index contributed by atoms with van der Waals surface area (Å²) in [6.07, 6.45) is 0.339. The van der Waals surface area contributed by atoms with Gasteiger partial charge in [0, 0.05) is 30.5 Å². The summed E-state index contributed by atoms with van der Waals surface area (Å²) in [6, 6.07) is 3.29. The highest BCUT2D eigenvalue weighted by atomic mass is 35.5. The minimum atomic E-state index is -0.0485. The van der Waals surface area contributed by atoms with Crippen LogP contribution in [0.15, 0.2) is 17.2 Å². The van der Waals surface area contributed by atoms with Crippen LogP contribution in [0.3, 0.4) is 0 Å². The monoisotopic (exact) mass is 310 g/mol. The number of hydrogen-bond donors (Lipinski definition) is 0. The van der Waals surface area contributed by atoms with Gasteiger partial charge in [-0.15, -0.1) is 0 Å². The van der Waals surface area contributed by atoms with Gasteiger partial charge in [-0.25, -0.2) is 0 Å². The van der Waals surface area contributed by atoms with E-state index in [-0.39, 0.29) is 11.8 Å². The molecule has 2 rings (SSSR count). The number of azide groups is 1. The third-order valence-corrected chi connectivity index (χ3v) is 3.65. The van der Waals surface area contributed by atoms with Gasteiger partial charge in [-0.2, -0.15) is 0 Å². The first-order valence-corrected chi connectivity index (χ1v) is 6.71. The van der Waals surface area contributed by atoms with Crippen molar-refractivity contribution in [1.29, 1.82) is 0 Å². The Morgan fingerprint density at radius 1 is 1.43 bits per heavy atom. The molecule has 1 saturated heterocycles. The lowest BCUT2D eigenvalue weighted by Gasteiger charge is -2.20. The van der Waals surface area contributed by atoms with E-state index in [1.165, 1.54) is 14.2 Å². The number of benzene rings is 1. The summed E-state index contributed by atoms with van der Waals surface area (Å²) in [5, 5.41) is 3.93. The van der Waals surface area contributed by atoms with E-state index in [4.69, 9.17) is 26.6 Å². The topological polar surface area (TPSA) is 87.5 Å². The van der Waals surface area contributed by atoms with Crippen molar-refractivity contribution in [2.45, 2.75) is 6.42 Å². The molecule has 0 aromatic heterocycles. The van der Waals surface area contributed by atoms with Gasteiger partial charge >= 0.3 is 0 Å². The Kier molecular flexibility index (Phi) is 4.77. The van der Waals surface area contributed by atoms with Crippen LogP contribution in [0.4, 0.5) is 5.69 Å². The van der Waals surface area contributed by atoms with Crippen LogP contribution in [0.2, 0.25) is 5.02 Å². The molecule has 0 N–H and O–H groups in total. The molecule has 1 aliphatic rings. The third-order valence-electron chi connectivity index (χ3n) is 3.35. The second-order valence-electron chi connectivity index (χ2n) is 4.65. The van der Waals surface area contributed by atoms with E-state index < -0.39 is 0 Å². The number of halogens is 1. The average molecular weight is 311 g/mol. The lowest BCUT2D eigenvalue weighted by Crippen LogP contribution is -2.25. The van der Waals surface area contributed by atoms with Crippen molar-refractivity contribution in [2.75, 3.05) is 32.2 Å². The molecular formula is C13H15ClN4O3. The first-order valence-electron chi connectivity index (χ1n) is 6.33. The number of nitrogens with zero attached hydrogens (tertiary/aromatic N) is 4. The summed E-state index contributed by atoms with van der Waals surface area (Å²) in [7, 11) is 3.03. The van der Waals surface area contributed by atoms with Crippen LogP contribution >= 0.6 is 11.6 Å². The second kappa shape index (κ2) is 6.56. The Morgan fingerprint density at radius 2 is 2.14 bits per heavy atom. The number of anilines is 1. The van der Waals surface area contributed by atoms with Crippen LogP contribution < -0.4 is 14.4 Å². The molecule has 1 unspecified atom stereocenters. The van der Waals surface area contributed by atoms with Crippen molar-refractivity contribution in [2.24, 2.45) is 11.0 Å². The maximum atomic E-state index is 12.1. The summed E-state index contributed by atoms with van der Waals surface area (Å²) in [6.45, 7) is 0.766. The maximum Gasteiger partial charge on any atom is 0.227 e. The quantitative estimate of drug-likeness (QED) is 0.476. The lowest BCUT2D eigenvalue weighted by molar-refractivity contribution is -0.117. The SMILES string of the molecule is COc1cc(OC)c(N2CC(CN=[N+]=[N-])CC2=O)cc1Cl. The zero-order valence-corrected chi connectivity index (χ0v) is 12.5. The Morgan fingerprint density at radius 3 is 2.76 bits per heavy atom. The first-order chi connectivity index (χ1) is 10.1. The normalized spacial score (nSPS) is 17.6. The zero-order chi connectivity index (χ0) is 15.4. The highest BCUT2D eigenvalue weighted by Gasteiger charge is 2.32. The molecule has 8 heteroatoms. The maximum absolute atomic E-state index is 12.1. The van der Waals surface area contributed by atoms with Crippen molar-refractivity contribution in [3.05, 3.63) is 27.6 Å². The highest BCUT2D eigenvalue weighted by molar-refractivity contribution is 6.32. The first kappa shape index (κ1) is 15.3. The van der Waals surface area contributed by atoms with Crippen molar-refractivity contribution >= 4 is 23.2 Å². The molecule has 0 spiro atoms. The van der Waals surface area contributed by atoms with Crippen LogP contribution in [0.5, 0.6) is 11.5 Å². The molecule has 112 valence electrons. The molecular weight excluding hydrogens is 296 g/mol. The Balaban J connectivity index is 2.31. The number of carbonyl (C=O) groups is 1. The molecule has 1 fully saturated rings. The number of methoxy groups -OCH3 is 2. The van der Waals surface area contributed by atoms with Gasteiger partial charge in [0.15, 0.2) is 0 Å². The molecule has 1 aromatic rings. The van der Waals surface area contributed by atoms with Crippen molar-refractivity contribution in [1.82, 2.24) is 0 Å². The molecule has 0 aliphatic carbocycles. The summed E-state index contributed by atoms with van der Waals surface area (Å²) >= 11 is 6.12. The summed E-state index contributed by atoms with van der Waals surface area (Å²) < 4.78 is 10.4. The van der Waals surface area contributed by atoms with Gasteiger partial charge in [0.05, 0.1) is 24.9 Å². The number of hydrogen-bond acceptors (Lipinski definition) is 4. The smallest absolute Gasteiger partial charge is 0.227 e. The summed E-state index contributed by atoms with van der Waals surface area (Å²) in [5.41, 5.74) is 8.95. The standard InChI is InChI=1S/C13H15ClN4O3/c1-20-11-5-12(21-2)10(4-9(11)14)18-7-8(3-13(18)19)6-16-17-15/h4-5,8H,3,6-7H2,1-2H3. The van der Waals surface area contributed by atoms with E-state index in [1.807, 2.05) is 0 Å². The molecule has 1 atom stereocenters. The fourth-order valence-corrected chi connectivity index (χ4v) is 2.58. The molecule has 7 nitrogen and oxygen atoms in total. The fraction of sp³-hybridized carbons (Fsp3) is 0.462. The van der Waals surface area contributed by atoms with Gasteiger partial charge in [-0.1, -0.05) is 16.7 Å². The third kappa shape index (κ3) is 3.15. The minimum absolute atomic E-state index is 0.000941. The summed E-state index contributed by atoms with van der Waals surface area (Å²) in [4.78, 5) is 16.5. The van der Waals surface area contributed by atoms with Crippen molar-refractivity contribution < 1.29 is 14.3 Å². The van der Waals surface area contributed by atoms with E-state index in [0.29, 0.717) is 41.7 Å². The van der Waals surface area contributed by atoms with E-state index in [0.717, 1.165) is 0 Å². The highest BCUT2D eigenvalue weighted by Crippen LogP contribution is 2.40. The molecule has 1 aromatic carbocycles. The van der Waals surface area contributed by atoms with Crippen LogP contribution in [-0.2, 0) is 4.79 Å². The Labute approximate surface area is 127 Å². The molecule has 0 radical (unpaired) electrons. The minimum Gasteiger partial charge on any atom is -0.495 e.